The first-order chi connectivity index (χ1) is 11.0. The zero-order valence-electron chi connectivity index (χ0n) is 14.1. The Morgan fingerprint density at radius 2 is 2.17 bits per heavy atom. The van der Waals surface area contributed by atoms with E-state index in [1.807, 2.05) is 42.8 Å². The normalized spacial score (nSPS) is 19.3. The largest absolute Gasteiger partial charge is 0.337 e. The number of piperazine rings is 1. The van der Waals surface area contributed by atoms with Gasteiger partial charge in [0.15, 0.2) is 0 Å². The van der Waals surface area contributed by atoms with Crippen LogP contribution in [0.1, 0.15) is 39.2 Å². The van der Waals surface area contributed by atoms with E-state index in [2.05, 4.69) is 21.8 Å². The van der Waals surface area contributed by atoms with Crippen LogP contribution >= 0.6 is 11.3 Å². The minimum Gasteiger partial charge on any atom is -0.337 e. The number of aromatic nitrogens is 3. The standard InChI is InChI=1S/C16H23N5OS/c1-5-20-8-9-21(10-13(20)15-17-6-7-19(15)4)16(22)14-11(2)18-12(3)23-14/h6-7,13H,5,8-10H2,1-4H3. The molecule has 2 aromatic heterocycles. The Kier molecular flexibility index (Phi) is 4.50. The second-order valence-corrected chi connectivity index (χ2v) is 7.14. The highest BCUT2D eigenvalue weighted by molar-refractivity contribution is 7.13. The minimum atomic E-state index is 0.100. The molecule has 0 N–H and O–H groups in total. The second kappa shape index (κ2) is 6.41. The topological polar surface area (TPSA) is 54.3 Å². The van der Waals surface area contributed by atoms with Crippen LogP contribution in [0.2, 0.25) is 0 Å². The van der Waals surface area contributed by atoms with Crippen molar-refractivity contribution in [1.82, 2.24) is 24.3 Å². The Hall–Kier alpha value is -1.73. The first-order valence-corrected chi connectivity index (χ1v) is 8.77. The number of imidazole rings is 1. The van der Waals surface area contributed by atoms with Crippen LogP contribution in [0, 0.1) is 13.8 Å². The summed E-state index contributed by atoms with van der Waals surface area (Å²) in [6, 6.07) is 0.145. The summed E-state index contributed by atoms with van der Waals surface area (Å²) < 4.78 is 2.05. The van der Waals surface area contributed by atoms with E-state index >= 15 is 0 Å². The van der Waals surface area contributed by atoms with Crippen LogP contribution in [0.4, 0.5) is 0 Å². The molecule has 0 aliphatic carbocycles. The minimum absolute atomic E-state index is 0.100. The van der Waals surface area contributed by atoms with Gasteiger partial charge in [-0.1, -0.05) is 6.92 Å². The number of aryl methyl sites for hydroxylation is 3. The lowest BCUT2D eigenvalue weighted by Gasteiger charge is -2.40. The van der Waals surface area contributed by atoms with E-state index in [0.717, 1.165) is 41.0 Å². The van der Waals surface area contributed by atoms with E-state index in [0.29, 0.717) is 6.54 Å². The third-order valence-electron chi connectivity index (χ3n) is 4.44. The molecule has 1 atom stereocenters. The summed E-state index contributed by atoms with van der Waals surface area (Å²) in [6.45, 7) is 9.27. The van der Waals surface area contributed by atoms with Crippen LogP contribution < -0.4 is 0 Å². The van der Waals surface area contributed by atoms with Gasteiger partial charge in [-0.2, -0.15) is 0 Å². The van der Waals surface area contributed by atoms with Gasteiger partial charge in [-0.05, 0) is 20.4 Å². The lowest BCUT2D eigenvalue weighted by molar-refractivity contribution is 0.0476. The van der Waals surface area contributed by atoms with Crippen LogP contribution in [-0.4, -0.2) is 56.4 Å². The summed E-state index contributed by atoms with van der Waals surface area (Å²) in [7, 11) is 2.01. The molecule has 1 unspecified atom stereocenters. The Morgan fingerprint density at radius 3 is 2.74 bits per heavy atom. The first kappa shape index (κ1) is 16.1. The summed E-state index contributed by atoms with van der Waals surface area (Å²) in [4.78, 5) is 26.9. The van der Waals surface area contributed by atoms with Crippen LogP contribution in [-0.2, 0) is 7.05 Å². The van der Waals surface area contributed by atoms with Gasteiger partial charge in [0.1, 0.15) is 10.7 Å². The number of rotatable bonds is 3. The summed E-state index contributed by atoms with van der Waals surface area (Å²) in [6.07, 6.45) is 3.78. The van der Waals surface area contributed by atoms with Crippen LogP contribution in [0.3, 0.4) is 0 Å². The van der Waals surface area contributed by atoms with Gasteiger partial charge in [-0.15, -0.1) is 11.3 Å². The SMILES string of the molecule is CCN1CCN(C(=O)c2sc(C)nc2C)CC1c1nccn1C. The lowest BCUT2D eigenvalue weighted by atomic mass is 10.1. The van der Waals surface area contributed by atoms with E-state index in [9.17, 15) is 4.79 Å². The number of hydrogen-bond donors (Lipinski definition) is 0. The van der Waals surface area contributed by atoms with E-state index in [1.54, 1.807) is 0 Å². The fourth-order valence-corrected chi connectivity index (χ4v) is 4.09. The second-order valence-electron chi connectivity index (χ2n) is 5.94. The average Bonchev–Trinajstić information content (AvgIpc) is 3.11. The van der Waals surface area contributed by atoms with Crippen molar-refractivity contribution < 1.29 is 4.79 Å². The van der Waals surface area contributed by atoms with Gasteiger partial charge in [-0.25, -0.2) is 9.97 Å². The van der Waals surface area contributed by atoms with Crippen LogP contribution in [0.25, 0.3) is 0 Å². The molecule has 1 amide bonds. The van der Waals surface area contributed by atoms with Crippen molar-refractivity contribution in [2.75, 3.05) is 26.2 Å². The predicted molar refractivity (Wildman–Crippen MR) is 90.7 cm³/mol. The summed E-state index contributed by atoms with van der Waals surface area (Å²) in [5.41, 5.74) is 0.837. The highest BCUT2D eigenvalue weighted by Gasteiger charge is 2.33. The Morgan fingerprint density at radius 1 is 1.39 bits per heavy atom. The fraction of sp³-hybridized carbons (Fsp3) is 0.562. The predicted octanol–water partition coefficient (Wildman–Crippen LogP) is 2.01. The Bertz CT molecular complexity index is 707. The average molecular weight is 333 g/mol. The van der Waals surface area contributed by atoms with Gasteiger partial charge < -0.3 is 9.47 Å². The number of nitrogens with zero attached hydrogens (tertiary/aromatic N) is 5. The first-order valence-electron chi connectivity index (χ1n) is 7.95. The number of carbonyl (C=O) groups is 1. The molecule has 0 bridgehead atoms. The van der Waals surface area contributed by atoms with Crippen LogP contribution in [0.15, 0.2) is 12.4 Å². The van der Waals surface area contributed by atoms with Crippen molar-refractivity contribution in [1.29, 1.82) is 0 Å². The van der Waals surface area contributed by atoms with E-state index < -0.39 is 0 Å². The van der Waals surface area contributed by atoms with E-state index in [4.69, 9.17) is 0 Å². The molecule has 3 rings (SSSR count). The molecule has 0 spiro atoms. The van der Waals surface area contributed by atoms with E-state index in [1.165, 1.54) is 11.3 Å². The molecular weight excluding hydrogens is 310 g/mol. The van der Waals surface area contributed by atoms with Crippen LogP contribution in [0.5, 0.6) is 0 Å². The number of likely N-dealkylation sites (N-methyl/N-ethyl adjacent to an activating group) is 1. The highest BCUT2D eigenvalue weighted by atomic mass is 32.1. The van der Waals surface area contributed by atoms with Gasteiger partial charge in [0.25, 0.3) is 5.91 Å². The molecule has 1 fully saturated rings. The smallest absolute Gasteiger partial charge is 0.265 e. The quantitative estimate of drug-likeness (QED) is 0.862. The maximum absolute atomic E-state index is 12.9. The zero-order valence-corrected chi connectivity index (χ0v) is 14.9. The van der Waals surface area contributed by atoms with Crippen molar-refractivity contribution in [3.8, 4) is 0 Å². The van der Waals surface area contributed by atoms with Crippen molar-refractivity contribution in [2.45, 2.75) is 26.8 Å². The summed E-state index contributed by atoms with van der Waals surface area (Å²) in [5.74, 6) is 1.12. The maximum atomic E-state index is 12.9. The van der Waals surface area contributed by atoms with Gasteiger partial charge in [0.05, 0.1) is 16.7 Å². The molecule has 6 nitrogen and oxygen atoms in total. The van der Waals surface area contributed by atoms with Crippen molar-refractivity contribution >= 4 is 17.2 Å². The molecule has 23 heavy (non-hydrogen) atoms. The number of carbonyl (C=O) groups excluding carboxylic acids is 1. The molecule has 0 saturated carbocycles. The summed E-state index contributed by atoms with van der Waals surface area (Å²) >= 11 is 1.49. The molecule has 1 aliphatic heterocycles. The molecular formula is C16H23N5OS. The molecule has 2 aromatic rings. The molecule has 7 heteroatoms. The summed E-state index contributed by atoms with van der Waals surface area (Å²) in [5, 5.41) is 0.943. The zero-order chi connectivity index (χ0) is 16.6. The molecule has 0 radical (unpaired) electrons. The van der Waals surface area contributed by atoms with Gasteiger partial charge in [0.2, 0.25) is 0 Å². The Labute approximate surface area is 140 Å². The third-order valence-corrected chi connectivity index (χ3v) is 5.50. The third kappa shape index (κ3) is 3.03. The maximum Gasteiger partial charge on any atom is 0.265 e. The van der Waals surface area contributed by atoms with Gasteiger partial charge >= 0.3 is 0 Å². The number of amides is 1. The molecule has 3 heterocycles. The molecule has 0 aromatic carbocycles. The molecule has 124 valence electrons. The number of thiazole rings is 1. The van der Waals surface area contributed by atoms with E-state index in [-0.39, 0.29) is 11.9 Å². The number of hydrogen-bond acceptors (Lipinski definition) is 5. The Balaban J connectivity index is 1.84. The molecule has 1 saturated heterocycles. The van der Waals surface area contributed by atoms with Crippen molar-refractivity contribution in [2.24, 2.45) is 7.05 Å². The highest BCUT2D eigenvalue weighted by Crippen LogP contribution is 2.26. The van der Waals surface area contributed by atoms with Crippen molar-refractivity contribution in [3.63, 3.8) is 0 Å². The van der Waals surface area contributed by atoms with Gasteiger partial charge in [-0.3, -0.25) is 9.69 Å². The van der Waals surface area contributed by atoms with Crippen molar-refractivity contribution in [3.05, 3.63) is 33.8 Å². The van der Waals surface area contributed by atoms with Gasteiger partial charge in [0, 0.05) is 39.1 Å². The monoisotopic (exact) mass is 333 g/mol. The lowest BCUT2D eigenvalue weighted by Crippen LogP contribution is -2.50. The fourth-order valence-electron chi connectivity index (χ4n) is 3.20. The molecule has 1 aliphatic rings.